The molecule has 1 saturated carbocycles. The summed E-state index contributed by atoms with van der Waals surface area (Å²) in [6.45, 7) is 1.60. The molecular weight excluding hydrogens is 503 g/mol. The first-order chi connectivity index (χ1) is 15.0. The van der Waals surface area contributed by atoms with Gasteiger partial charge in [0.15, 0.2) is 0 Å². The number of halogens is 1. The van der Waals surface area contributed by atoms with Crippen LogP contribution in [0.25, 0.3) is 0 Å². The topological polar surface area (TPSA) is 86.2 Å². The first kappa shape index (κ1) is 23.7. The van der Waals surface area contributed by atoms with Crippen molar-refractivity contribution < 1.29 is 23.5 Å². The molecule has 1 fully saturated rings. The fraction of sp³-hybridized carbons (Fsp3) is 0.333. The summed E-state index contributed by atoms with van der Waals surface area (Å²) in [6.07, 6.45) is 1.24. The second-order valence-corrected chi connectivity index (χ2v) is 11.8. The van der Waals surface area contributed by atoms with Crippen molar-refractivity contribution in [2.45, 2.75) is 42.5 Å². The second kappa shape index (κ2) is 11.6. The van der Waals surface area contributed by atoms with Crippen LogP contribution in [0.2, 0.25) is 0 Å². The maximum absolute atomic E-state index is 13.3. The Morgan fingerprint density at radius 3 is 2.58 bits per heavy atom. The van der Waals surface area contributed by atoms with Crippen LogP contribution in [0.1, 0.15) is 25.3 Å². The minimum Gasteiger partial charge on any atom is -0.393 e. The number of rotatable bonds is 8. The number of hydrogen-bond donors (Lipinski definition) is 1. The van der Waals surface area contributed by atoms with Crippen molar-refractivity contribution in [3.8, 4) is 0 Å². The van der Waals surface area contributed by atoms with E-state index in [-0.39, 0.29) is 18.5 Å². The van der Waals surface area contributed by atoms with Crippen molar-refractivity contribution in [2.75, 3.05) is 13.2 Å². The van der Waals surface area contributed by atoms with Crippen LogP contribution in [0.15, 0.2) is 68.0 Å². The lowest BCUT2D eigenvalue weighted by atomic mass is 10.2. The SMILES string of the molecule is CCON=C(COP(=O)=S(c1ccc(Br)cc1)c1ccccc1C)OC(=O)NC1CC1. The maximum Gasteiger partial charge on any atom is 0.414 e. The zero-order chi connectivity index (χ0) is 22.2. The minimum atomic E-state index is -2.18. The van der Waals surface area contributed by atoms with Crippen molar-refractivity contribution in [1.82, 2.24) is 5.32 Å². The Kier molecular flexibility index (Phi) is 8.90. The summed E-state index contributed by atoms with van der Waals surface area (Å²) in [5.74, 6) is -0.0764. The molecule has 2 aromatic carbocycles. The van der Waals surface area contributed by atoms with Crippen LogP contribution >= 0.6 is 22.7 Å². The van der Waals surface area contributed by atoms with Crippen LogP contribution < -0.4 is 5.32 Å². The number of ether oxygens (including phenoxy) is 1. The molecule has 0 radical (unpaired) electrons. The highest BCUT2D eigenvalue weighted by Crippen LogP contribution is 2.32. The number of carbonyl (C=O) groups is 1. The fourth-order valence-electron chi connectivity index (χ4n) is 2.53. The quantitative estimate of drug-likeness (QED) is 0.206. The standard InChI is InChI=1S/C21H24BrN2O5PS/c1-3-27-24-20(29-21(25)23-17-10-11-17)14-28-30(26)31(18-12-8-16(22)9-13-18)19-7-5-4-6-15(19)2/h4-9,12-13,17H,3,10-11,14H2,1-2H3,(H,23,25). The normalized spacial score (nSPS) is 15.2. The lowest BCUT2D eigenvalue weighted by Crippen LogP contribution is -2.30. The Balaban J connectivity index is 1.85. The summed E-state index contributed by atoms with van der Waals surface area (Å²) >= 11 is 3.44. The molecule has 0 bridgehead atoms. The molecule has 0 aliphatic heterocycles. The smallest absolute Gasteiger partial charge is 0.393 e. The summed E-state index contributed by atoms with van der Waals surface area (Å²) in [6, 6.07) is 15.6. The van der Waals surface area contributed by atoms with E-state index in [1.165, 1.54) is 0 Å². The molecule has 2 atom stereocenters. The highest BCUT2D eigenvalue weighted by Gasteiger charge is 2.25. The Labute approximate surface area is 192 Å². The van der Waals surface area contributed by atoms with Gasteiger partial charge in [-0.05, 0) is 77.8 Å². The van der Waals surface area contributed by atoms with Gasteiger partial charge in [0.05, 0.1) is 0 Å². The Morgan fingerprint density at radius 2 is 1.94 bits per heavy atom. The largest absolute Gasteiger partial charge is 0.414 e. The Morgan fingerprint density at radius 1 is 1.23 bits per heavy atom. The third-order valence-corrected chi connectivity index (χ3v) is 9.38. The van der Waals surface area contributed by atoms with Gasteiger partial charge in [-0.2, -0.15) is 0 Å². The van der Waals surface area contributed by atoms with Crippen LogP contribution in [-0.4, -0.2) is 31.2 Å². The van der Waals surface area contributed by atoms with Gasteiger partial charge in [0.1, 0.15) is 13.2 Å². The molecule has 10 heteroatoms. The lowest BCUT2D eigenvalue weighted by molar-refractivity contribution is 0.140. The first-order valence-corrected chi connectivity index (χ1v) is 13.6. The third kappa shape index (κ3) is 7.31. The molecule has 7 nitrogen and oxygen atoms in total. The van der Waals surface area contributed by atoms with Gasteiger partial charge in [-0.25, -0.2) is 9.36 Å². The molecule has 1 aliphatic carbocycles. The molecule has 166 valence electrons. The number of carbonyl (C=O) groups excluding carboxylic acids is 1. The molecular formula is C21H24BrN2O5PS. The number of aryl methyl sites for hydroxylation is 1. The Bertz CT molecular complexity index is 1030. The summed E-state index contributed by atoms with van der Waals surface area (Å²) in [4.78, 5) is 18.8. The number of nitrogens with one attached hydrogen (secondary N) is 1. The number of alkyl carbamates (subject to hydrolysis) is 1. The minimum absolute atomic E-state index is 0.0764. The molecule has 1 N–H and O–H groups in total. The van der Waals surface area contributed by atoms with Crippen LogP contribution in [0, 0.1) is 6.92 Å². The van der Waals surface area contributed by atoms with E-state index < -0.39 is 23.0 Å². The van der Waals surface area contributed by atoms with Crippen LogP contribution in [0.4, 0.5) is 4.79 Å². The average Bonchev–Trinajstić information content (AvgIpc) is 3.56. The molecule has 1 aliphatic rings. The highest BCUT2D eigenvalue weighted by atomic mass is 79.9. The van der Waals surface area contributed by atoms with Crippen LogP contribution in [0.3, 0.4) is 0 Å². The number of nitrogens with zero attached hydrogens (tertiary/aromatic N) is 1. The van der Waals surface area contributed by atoms with Gasteiger partial charge >= 0.3 is 6.09 Å². The highest BCUT2D eigenvalue weighted by molar-refractivity contribution is 9.10. The molecule has 2 unspecified atom stereocenters. The summed E-state index contributed by atoms with van der Waals surface area (Å²) in [7, 11) is -0.836. The molecule has 1 amide bonds. The van der Waals surface area contributed by atoms with Crippen LogP contribution in [-0.2, 0) is 28.7 Å². The number of oxime groups is 1. The molecule has 2 aromatic rings. The molecule has 3 rings (SSSR count). The molecule has 0 aromatic heterocycles. The summed E-state index contributed by atoms with van der Waals surface area (Å²) < 4.78 is 25.1. The van der Waals surface area contributed by atoms with Crippen molar-refractivity contribution in [3.05, 3.63) is 58.6 Å². The van der Waals surface area contributed by atoms with Gasteiger partial charge in [-0.1, -0.05) is 34.1 Å². The van der Waals surface area contributed by atoms with Gasteiger partial charge < -0.3 is 14.9 Å². The van der Waals surface area contributed by atoms with E-state index in [0.29, 0.717) is 6.61 Å². The average molecular weight is 527 g/mol. The van der Waals surface area contributed by atoms with Gasteiger partial charge in [-0.15, -0.1) is 0 Å². The van der Waals surface area contributed by atoms with Crippen molar-refractivity contribution in [3.63, 3.8) is 0 Å². The fourth-order valence-corrected chi connectivity index (χ4v) is 7.13. The van der Waals surface area contributed by atoms with E-state index >= 15 is 0 Å². The second-order valence-electron chi connectivity index (χ2n) is 6.71. The van der Waals surface area contributed by atoms with E-state index in [4.69, 9.17) is 14.1 Å². The predicted octanol–water partition coefficient (Wildman–Crippen LogP) is 5.71. The number of benzene rings is 2. The predicted molar refractivity (Wildman–Crippen MR) is 124 cm³/mol. The van der Waals surface area contributed by atoms with Gasteiger partial charge in [-0.3, -0.25) is 4.52 Å². The van der Waals surface area contributed by atoms with E-state index in [1.807, 2.05) is 55.5 Å². The molecule has 0 spiro atoms. The van der Waals surface area contributed by atoms with Crippen molar-refractivity contribution in [2.24, 2.45) is 5.16 Å². The lowest BCUT2D eigenvalue weighted by Gasteiger charge is -2.12. The van der Waals surface area contributed by atoms with Crippen molar-refractivity contribution in [1.29, 1.82) is 0 Å². The summed E-state index contributed by atoms with van der Waals surface area (Å²) in [5, 5.41) is 6.50. The van der Waals surface area contributed by atoms with Gasteiger partial charge in [0.25, 0.3) is 12.7 Å². The molecule has 0 heterocycles. The van der Waals surface area contributed by atoms with E-state index in [0.717, 1.165) is 32.7 Å². The van der Waals surface area contributed by atoms with E-state index in [9.17, 15) is 9.36 Å². The van der Waals surface area contributed by atoms with Gasteiger partial charge in [0.2, 0.25) is 0 Å². The third-order valence-electron chi connectivity index (χ3n) is 4.19. The van der Waals surface area contributed by atoms with Crippen LogP contribution in [0.5, 0.6) is 0 Å². The number of hydrogen-bond acceptors (Lipinski definition) is 6. The summed E-state index contributed by atoms with van der Waals surface area (Å²) in [5.41, 5.74) is 1.02. The number of amides is 1. The monoisotopic (exact) mass is 526 g/mol. The zero-order valence-corrected chi connectivity index (χ0v) is 20.5. The van der Waals surface area contributed by atoms with Gasteiger partial charge in [0, 0.05) is 20.3 Å². The molecule has 0 saturated heterocycles. The molecule has 31 heavy (non-hydrogen) atoms. The van der Waals surface area contributed by atoms with Crippen molar-refractivity contribution >= 4 is 44.8 Å². The van der Waals surface area contributed by atoms with E-state index in [2.05, 4.69) is 26.4 Å². The Hall–Kier alpha value is -1.93. The zero-order valence-electron chi connectivity index (χ0n) is 17.2. The first-order valence-electron chi connectivity index (χ1n) is 9.81. The maximum atomic E-state index is 13.3. The van der Waals surface area contributed by atoms with E-state index in [1.54, 1.807) is 6.92 Å².